The quantitative estimate of drug-likeness (QED) is 0.656. The van der Waals surface area contributed by atoms with Crippen LogP contribution in [-0.4, -0.2) is 29.4 Å². The second kappa shape index (κ2) is 8.36. The van der Waals surface area contributed by atoms with Gasteiger partial charge in [0.15, 0.2) is 6.61 Å². The van der Waals surface area contributed by atoms with Gasteiger partial charge in [0.25, 0.3) is 5.91 Å². The number of allylic oxidation sites excluding steroid dienone is 2. The molecular weight excluding hydrogens is 404 g/mol. The lowest BCUT2D eigenvalue weighted by Crippen LogP contribution is -2.51. The number of carbonyl (C=O) groups excluding carboxylic acids is 1. The van der Waals surface area contributed by atoms with E-state index >= 15 is 0 Å². The highest BCUT2D eigenvalue weighted by atomic mass is 16.6. The summed E-state index contributed by atoms with van der Waals surface area (Å²) >= 11 is 0. The Bertz CT molecular complexity index is 907. The predicted molar refractivity (Wildman–Crippen MR) is 122 cm³/mol. The van der Waals surface area contributed by atoms with Crippen LogP contribution in [0.2, 0.25) is 0 Å². The molecule has 1 amide bonds. The molecule has 4 aliphatic carbocycles. The monoisotopic (exact) mass is 440 g/mol. The normalized spacial score (nSPS) is 39.6. The van der Waals surface area contributed by atoms with Crippen molar-refractivity contribution in [2.45, 2.75) is 77.9 Å². The van der Waals surface area contributed by atoms with Crippen LogP contribution >= 0.6 is 0 Å². The number of hydrogen-bond donors (Lipinski definition) is 2. The molecule has 3 fully saturated rings. The average Bonchev–Trinajstić information content (AvgIpc) is 3.40. The van der Waals surface area contributed by atoms with Crippen LogP contribution in [0.25, 0.3) is 0 Å². The van der Waals surface area contributed by atoms with Crippen LogP contribution < -0.4 is 5.32 Å². The fourth-order valence-corrected chi connectivity index (χ4v) is 7.44. The molecule has 0 aromatic carbocycles. The Morgan fingerprint density at radius 2 is 2.09 bits per heavy atom. The molecular formula is C26H36N2O4. The molecule has 2 N–H and O–H groups in total. The zero-order chi connectivity index (χ0) is 22.3. The van der Waals surface area contributed by atoms with Gasteiger partial charge in [0.2, 0.25) is 0 Å². The van der Waals surface area contributed by atoms with Crippen LogP contribution in [0.3, 0.4) is 0 Å². The van der Waals surface area contributed by atoms with Crippen LogP contribution in [0, 0.1) is 28.6 Å². The van der Waals surface area contributed by atoms with Crippen LogP contribution in [0.15, 0.2) is 39.6 Å². The third kappa shape index (κ3) is 3.70. The van der Waals surface area contributed by atoms with Crippen molar-refractivity contribution in [2.24, 2.45) is 33.7 Å². The molecule has 6 heteroatoms. The Morgan fingerprint density at radius 1 is 1.22 bits per heavy atom. The SMILES string of the molecule is C[C@]12CC/C(=N/OCC(=O)NCc3ccco3)C=C1CCC1C2CC[C@@]2(C)C1CC[C@H]2O. The summed E-state index contributed by atoms with van der Waals surface area (Å²) < 4.78 is 5.21. The number of hydrogen-bond acceptors (Lipinski definition) is 5. The van der Waals surface area contributed by atoms with E-state index in [0.29, 0.717) is 24.1 Å². The molecule has 0 aliphatic heterocycles. The van der Waals surface area contributed by atoms with Crippen molar-refractivity contribution < 1.29 is 19.2 Å². The molecule has 32 heavy (non-hydrogen) atoms. The second-order valence-electron chi connectivity index (χ2n) is 10.9. The highest BCUT2D eigenvalue weighted by molar-refractivity contribution is 5.96. The van der Waals surface area contributed by atoms with E-state index in [1.807, 2.05) is 6.07 Å². The number of amides is 1. The maximum absolute atomic E-state index is 12.0. The van der Waals surface area contributed by atoms with Crippen molar-refractivity contribution in [2.75, 3.05) is 6.61 Å². The van der Waals surface area contributed by atoms with Gasteiger partial charge in [-0.1, -0.05) is 24.6 Å². The van der Waals surface area contributed by atoms with Gasteiger partial charge in [0.05, 0.1) is 24.6 Å². The summed E-state index contributed by atoms with van der Waals surface area (Å²) in [6.07, 6.45) is 12.6. The molecule has 5 rings (SSSR count). The molecule has 6 nitrogen and oxygen atoms in total. The number of aliphatic hydroxyl groups excluding tert-OH is 1. The van der Waals surface area contributed by atoms with Crippen LogP contribution in [0.5, 0.6) is 0 Å². The number of nitrogens with zero attached hydrogens (tertiary/aromatic N) is 1. The molecule has 174 valence electrons. The van der Waals surface area contributed by atoms with Gasteiger partial charge in [-0.05, 0) is 98.2 Å². The van der Waals surface area contributed by atoms with Gasteiger partial charge in [-0.2, -0.15) is 0 Å². The van der Waals surface area contributed by atoms with Gasteiger partial charge < -0.3 is 19.7 Å². The number of furan rings is 1. The molecule has 3 saturated carbocycles. The van der Waals surface area contributed by atoms with E-state index in [1.165, 1.54) is 24.8 Å². The molecule has 1 aromatic heterocycles. The van der Waals surface area contributed by atoms with Gasteiger partial charge in [-0.3, -0.25) is 4.79 Å². The van der Waals surface area contributed by atoms with Crippen molar-refractivity contribution in [3.63, 3.8) is 0 Å². The van der Waals surface area contributed by atoms with Gasteiger partial charge in [-0.25, -0.2) is 0 Å². The molecule has 3 unspecified atom stereocenters. The van der Waals surface area contributed by atoms with E-state index in [-0.39, 0.29) is 29.4 Å². The topological polar surface area (TPSA) is 84.1 Å². The first-order chi connectivity index (χ1) is 15.4. The summed E-state index contributed by atoms with van der Waals surface area (Å²) in [7, 11) is 0. The molecule has 4 aliphatic rings. The minimum Gasteiger partial charge on any atom is -0.467 e. The minimum absolute atomic E-state index is 0.0854. The Hall–Kier alpha value is -2.08. The molecule has 6 atom stereocenters. The first-order valence-electron chi connectivity index (χ1n) is 12.3. The van der Waals surface area contributed by atoms with Gasteiger partial charge >= 0.3 is 0 Å². The zero-order valence-corrected chi connectivity index (χ0v) is 19.3. The first kappa shape index (κ1) is 21.7. The van der Waals surface area contributed by atoms with Gasteiger partial charge in [0, 0.05) is 0 Å². The Kier molecular flexibility index (Phi) is 5.68. The van der Waals surface area contributed by atoms with Crippen molar-refractivity contribution in [3.8, 4) is 0 Å². The summed E-state index contributed by atoms with van der Waals surface area (Å²) in [5, 5.41) is 17.7. The van der Waals surface area contributed by atoms with E-state index in [9.17, 15) is 9.90 Å². The number of rotatable bonds is 5. The van der Waals surface area contributed by atoms with Crippen LogP contribution in [-0.2, 0) is 16.2 Å². The summed E-state index contributed by atoms with van der Waals surface area (Å²) in [5.41, 5.74) is 2.83. The summed E-state index contributed by atoms with van der Waals surface area (Å²) in [6, 6.07) is 3.62. The molecule has 0 bridgehead atoms. The Balaban J connectivity index is 1.20. The number of fused-ring (bicyclic) bond motifs is 5. The fourth-order valence-electron chi connectivity index (χ4n) is 7.44. The average molecular weight is 441 g/mol. The van der Waals surface area contributed by atoms with Gasteiger partial charge in [0.1, 0.15) is 5.76 Å². The third-order valence-corrected chi connectivity index (χ3v) is 9.34. The van der Waals surface area contributed by atoms with Crippen molar-refractivity contribution >= 4 is 11.6 Å². The highest BCUT2D eigenvalue weighted by Crippen LogP contribution is 2.65. The second-order valence-corrected chi connectivity index (χ2v) is 10.9. The standard InChI is InChI=1S/C26H36N2O4/c1-25-11-9-18(28-32-16-24(30)27-15-19-4-3-13-31-19)14-17(25)5-6-20-21-7-8-23(29)26(21,2)12-10-22(20)25/h3-4,13-14,20-23,29H,5-12,15-16H2,1-2H3,(H,27,30)/b28-18-/t20?,21?,22?,23-,25+,26+/m1/s1. The molecule has 0 saturated heterocycles. The zero-order valence-electron chi connectivity index (χ0n) is 19.3. The summed E-state index contributed by atoms with van der Waals surface area (Å²) in [4.78, 5) is 17.4. The van der Waals surface area contributed by atoms with Crippen LogP contribution in [0.1, 0.15) is 71.0 Å². The summed E-state index contributed by atoms with van der Waals surface area (Å²) in [6.45, 7) is 5.07. The Labute approximate surface area is 190 Å². The first-order valence-corrected chi connectivity index (χ1v) is 12.3. The molecule has 1 aromatic rings. The smallest absolute Gasteiger partial charge is 0.261 e. The van der Waals surface area contributed by atoms with E-state index in [4.69, 9.17) is 9.25 Å². The lowest BCUT2D eigenvalue weighted by atomic mass is 9.47. The largest absolute Gasteiger partial charge is 0.467 e. The van der Waals surface area contributed by atoms with Crippen LogP contribution in [0.4, 0.5) is 0 Å². The maximum Gasteiger partial charge on any atom is 0.261 e. The number of aliphatic hydroxyl groups is 1. The van der Waals surface area contributed by atoms with Crippen molar-refractivity contribution in [1.82, 2.24) is 5.32 Å². The van der Waals surface area contributed by atoms with E-state index in [2.05, 4.69) is 30.4 Å². The minimum atomic E-state index is -0.205. The molecule has 0 radical (unpaired) electrons. The maximum atomic E-state index is 12.0. The number of nitrogens with one attached hydrogen (secondary N) is 1. The summed E-state index contributed by atoms with van der Waals surface area (Å²) in [5.74, 6) is 2.63. The lowest BCUT2D eigenvalue weighted by Gasteiger charge is -2.57. The van der Waals surface area contributed by atoms with Crippen molar-refractivity contribution in [1.29, 1.82) is 0 Å². The number of oxime groups is 1. The van der Waals surface area contributed by atoms with E-state index < -0.39 is 0 Å². The fraction of sp³-hybridized carbons (Fsp3) is 0.692. The molecule has 0 spiro atoms. The van der Waals surface area contributed by atoms with Gasteiger partial charge in [-0.15, -0.1) is 0 Å². The Morgan fingerprint density at radius 3 is 2.91 bits per heavy atom. The molecule has 1 heterocycles. The van der Waals surface area contributed by atoms with E-state index in [1.54, 1.807) is 12.3 Å². The van der Waals surface area contributed by atoms with E-state index in [0.717, 1.165) is 43.7 Å². The third-order valence-electron chi connectivity index (χ3n) is 9.34. The predicted octanol–water partition coefficient (Wildman–Crippen LogP) is 4.59. The number of carbonyl (C=O) groups is 1. The lowest BCUT2D eigenvalue weighted by molar-refractivity contribution is -0.125. The van der Waals surface area contributed by atoms with Crippen molar-refractivity contribution in [3.05, 3.63) is 35.8 Å². The highest BCUT2D eigenvalue weighted by Gasteiger charge is 2.58.